The van der Waals surface area contributed by atoms with E-state index in [0.717, 1.165) is 12.8 Å². The van der Waals surface area contributed by atoms with Crippen molar-refractivity contribution in [2.75, 3.05) is 0 Å². The maximum Gasteiger partial charge on any atom is 0.345 e. The fraction of sp³-hybridized carbons (Fsp3) is 0.812. The highest BCUT2D eigenvalue weighted by Gasteiger charge is 2.33. The van der Waals surface area contributed by atoms with Crippen LogP contribution in [-0.2, 0) is 23.1 Å². The number of esters is 1. The Morgan fingerprint density at radius 3 is 2.77 bits per heavy atom. The Bertz CT molecular complexity index is 561. The molecule has 3 atom stereocenters. The average molecular weight is 309 g/mol. The van der Waals surface area contributed by atoms with Crippen LogP contribution >= 0.6 is 0 Å². The van der Waals surface area contributed by atoms with Gasteiger partial charge in [0.1, 0.15) is 12.4 Å². The van der Waals surface area contributed by atoms with Gasteiger partial charge in [0.25, 0.3) is 0 Å². The van der Waals surface area contributed by atoms with Crippen LogP contribution in [-0.4, -0.2) is 26.4 Å². The zero-order chi connectivity index (χ0) is 16.3. The van der Waals surface area contributed by atoms with Crippen LogP contribution < -0.4 is 5.69 Å². The van der Waals surface area contributed by atoms with Gasteiger partial charge in [0.15, 0.2) is 0 Å². The van der Waals surface area contributed by atoms with E-state index in [2.05, 4.69) is 25.9 Å². The Balaban J connectivity index is 1.89. The van der Waals surface area contributed by atoms with Crippen molar-refractivity contribution in [2.24, 2.45) is 24.8 Å². The first-order valence-electron chi connectivity index (χ1n) is 8.16. The van der Waals surface area contributed by atoms with Crippen LogP contribution in [0.1, 0.15) is 46.5 Å². The van der Waals surface area contributed by atoms with Crippen LogP contribution in [0.15, 0.2) is 11.1 Å². The van der Waals surface area contributed by atoms with Crippen molar-refractivity contribution in [3.8, 4) is 0 Å². The molecule has 0 spiro atoms. The van der Waals surface area contributed by atoms with Gasteiger partial charge in [-0.3, -0.25) is 9.36 Å². The van der Waals surface area contributed by atoms with Crippen LogP contribution in [0.25, 0.3) is 0 Å². The van der Waals surface area contributed by atoms with Gasteiger partial charge in [-0.15, -0.1) is 0 Å². The van der Waals surface area contributed by atoms with E-state index in [-0.39, 0.29) is 30.7 Å². The molecule has 0 aliphatic heterocycles. The second kappa shape index (κ2) is 7.11. The van der Waals surface area contributed by atoms with Crippen LogP contribution in [0.2, 0.25) is 0 Å². The molecule has 0 saturated heterocycles. The number of hydrogen-bond acceptors (Lipinski definition) is 4. The van der Waals surface area contributed by atoms with Crippen molar-refractivity contribution in [3.05, 3.63) is 16.8 Å². The molecule has 0 bridgehead atoms. The number of ether oxygens (including phenoxy) is 1. The van der Waals surface area contributed by atoms with Crippen molar-refractivity contribution in [1.82, 2.24) is 14.3 Å². The molecule has 1 saturated carbocycles. The predicted molar refractivity (Wildman–Crippen MR) is 83.3 cm³/mol. The molecule has 6 heteroatoms. The fourth-order valence-electron chi connectivity index (χ4n) is 3.25. The van der Waals surface area contributed by atoms with Crippen LogP contribution in [0, 0.1) is 17.8 Å². The lowest BCUT2D eigenvalue weighted by Gasteiger charge is -2.36. The quantitative estimate of drug-likeness (QED) is 0.780. The molecule has 1 aromatic rings. The van der Waals surface area contributed by atoms with E-state index in [1.54, 1.807) is 7.05 Å². The zero-order valence-corrected chi connectivity index (χ0v) is 14.0. The number of nitrogens with zero attached hydrogens (tertiary/aromatic N) is 3. The summed E-state index contributed by atoms with van der Waals surface area (Å²) in [6.07, 6.45) is 4.92. The second-order valence-corrected chi connectivity index (χ2v) is 6.85. The second-order valence-electron chi connectivity index (χ2n) is 6.85. The summed E-state index contributed by atoms with van der Waals surface area (Å²) in [6, 6.07) is 0. The number of hydrogen-bond donors (Lipinski definition) is 0. The molecule has 0 N–H and O–H groups in total. The molecule has 1 heterocycles. The molecular formula is C16H27N3O3. The summed E-state index contributed by atoms with van der Waals surface area (Å²) in [5.41, 5.74) is -0.209. The number of carbonyl (C=O) groups is 1. The van der Waals surface area contributed by atoms with E-state index in [1.807, 2.05) is 0 Å². The molecule has 0 aromatic carbocycles. The molecule has 1 fully saturated rings. The van der Waals surface area contributed by atoms with Crippen LogP contribution in [0.4, 0.5) is 0 Å². The molecule has 0 amide bonds. The Labute approximate surface area is 131 Å². The Kier molecular flexibility index (Phi) is 5.42. The first kappa shape index (κ1) is 16.8. The zero-order valence-electron chi connectivity index (χ0n) is 14.0. The smallest absolute Gasteiger partial charge is 0.345 e. The fourth-order valence-corrected chi connectivity index (χ4v) is 3.25. The number of carbonyl (C=O) groups excluding carboxylic acids is 1. The van der Waals surface area contributed by atoms with Gasteiger partial charge in [-0.05, 0) is 30.6 Å². The molecule has 1 aromatic heterocycles. The van der Waals surface area contributed by atoms with E-state index < -0.39 is 0 Å². The minimum atomic E-state index is -0.234. The lowest BCUT2D eigenvalue weighted by atomic mass is 9.75. The van der Waals surface area contributed by atoms with Gasteiger partial charge in [0.05, 0.1) is 13.0 Å². The highest BCUT2D eigenvalue weighted by molar-refractivity contribution is 5.69. The summed E-state index contributed by atoms with van der Waals surface area (Å²) in [5.74, 6) is 1.33. The van der Waals surface area contributed by atoms with Crippen molar-refractivity contribution in [1.29, 1.82) is 0 Å². The normalized spacial score (nSPS) is 25.4. The third-order valence-electron chi connectivity index (χ3n) is 4.66. The number of rotatable bonds is 5. The van der Waals surface area contributed by atoms with E-state index in [4.69, 9.17) is 4.74 Å². The maximum absolute atomic E-state index is 12.1. The largest absolute Gasteiger partial charge is 0.462 e. The third-order valence-corrected chi connectivity index (χ3v) is 4.66. The van der Waals surface area contributed by atoms with Gasteiger partial charge in [0.2, 0.25) is 0 Å². The van der Waals surface area contributed by atoms with Gasteiger partial charge in [-0.2, -0.15) is 5.10 Å². The van der Waals surface area contributed by atoms with E-state index in [1.165, 1.54) is 22.0 Å². The molecule has 1 aliphatic rings. The van der Waals surface area contributed by atoms with Crippen molar-refractivity contribution in [3.63, 3.8) is 0 Å². The SMILES string of the molecule is CC(C)[C@H]1CC[C@H](C)C[C@@H]1OC(=O)CCn1ncn(C)c1=O. The van der Waals surface area contributed by atoms with Gasteiger partial charge >= 0.3 is 11.7 Å². The third kappa shape index (κ3) is 3.99. The summed E-state index contributed by atoms with van der Waals surface area (Å²) in [5, 5.41) is 3.95. The van der Waals surface area contributed by atoms with E-state index in [9.17, 15) is 9.59 Å². The lowest BCUT2D eigenvalue weighted by molar-refractivity contribution is -0.156. The van der Waals surface area contributed by atoms with E-state index in [0.29, 0.717) is 17.8 Å². The highest BCUT2D eigenvalue weighted by atomic mass is 16.5. The molecule has 1 aliphatic carbocycles. The molecule has 22 heavy (non-hydrogen) atoms. The molecular weight excluding hydrogens is 282 g/mol. The van der Waals surface area contributed by atoms with Gasteiger partial charge in [-0.25, -0.2) is 9.48 Å². The first-order chi connectivity index (χ1) is 10.4. The van der Waals surface area contributed by atoms with Gasteiger partial charge in [-0.1, -0.05) is 27.2 Å². The van der Waals surface area contributed by atoms with Crippen LogP contribution in [0.5, 0.6) is 0 Å². The van der Waals surface area contributed by atoms with Crippen molar-refractivity contribution < 1.29 is 9.53 Å². The predicted octanol–water partition coefficient (Wildman–Crippen LogP) is 1.98. The number of aryl methyl sites for hydroxylation is 2. The standard InChI is InChI=1S/C16H27N3O3/c1-11(2)13-6-5-12(3)9-14(13)22-15(20)7-8-19-16(21)18(4)10-17-19/h10-14H,5-9H2,1-4H3/t12-,13+,14-/m0/s1. The Morgan fingerprint density at radius 1 is 1.45 bits per heavy atom. The molecule has 0 unspecified atom stereocenters. The minimum Gasteiger partial charge on any atom is -0.462 e. The molecule has 6 nitrogen and oxygen atoms in total. The molecule has 0 radical (unpaired) electrons. The summed E-state index contributed by atoms with van der Waals surface area (Å²) < 4.78 is 8.40. The van der Waals surface area contributed by atoms with Gasteiger partial charge in [0, 0.05) is 7.05 Å². The first-order valence-corrected chi connectivity index (χ1v) is 8.16. The highest BCUT2D eigenvalue weighted by Crippen LogP contribution is 2.35. The average Bonchev–Trinajstić information content (AvgIpc) is 2.76. The Hall–Kier alpha value is -1.59. The number of aromatic nitrogens is 3. The molecule has 2 rings (SSSR count). The lowest BCUT2D eigenvalue weighted by Crippen LogP contribution is -2.36. The van der Waals surface area contributed by atoms with Crippen LogP contribution in [0.3, 0.4) is 0 Å². The summed E-state index contributed by atoms with van der Waals surface area (Å²) in [4.78, 5) is 23.8. The van der Waals surface area contributed by atoms with Crippen molar-refractivity contribution in [2.45, 2.75) is 59.1 Å². The van der Waals surface area contributed by atoms with Gasteiger partial charge < -0.3 is 4.74 Å². The summed E-state index contributed by atoms with van der Waals surface area (Å²) in [6.45, 7) is 6.86. The topological polar surface area (TPSA) is 66.1 Å². The monoisotopic (exact) mass is 309 g/mol. The maximum atomic E-state index is 12.1. The minimum absolute atomic E-state index is 0.0108. The van der Waals surface area contributed by atoms with E-state index >= 15 is 0 Å². The summed E-state index contributed by atoms with van der Waals surface area (Å²) >= 11 is 0. The summed E-state index contributed by atoms with van der Waals surface area (Å²) in [7, 11) is 1.64. The van der Waals surface area contributed by atoms with Crippen molar-refractivity contribution >= 4 is 5.97 Å². The molecule has 124 valence electrons. The Morgan fingerprint density at radius 2 is 2.18 bits per heavy atom.